The van der Waals surface area contributed by atoms with Gasteiger partial charge in [-0.3, -0.25) is 9.48 Å². The van der Waals surface area contributed by atoms with Crippen LogP contribution in [0.25, 0.3) is 0 Å². The Hall–Kier alpha value is -1.62. The van der Waals surface area contributed by atoms with Crippen molar-refractivity contribution in [2.45, 2.75) is 38.8 Å². The van der Waals surface area contributed by atoms with Crippen molar-refractivity contribution < 1.29 is 9.90 Å². The Labute approximate surface area is 108 Å². The van der Waals surface area contributed by atoms with Crippen molar-refractivity contribution in [2.75, 3.05) is 6.61 Å². The lowest BCUT2D eigenvalue weighted by atomic mass is 10.1. The van der Waals surface area contributed by atoms with Crippen LogP contribution in [0.1, 0.15) is 43.2 Å². The van der Waals surface area contributed by atoms with Gasteiger partial charge in [0.2, 0.25) is 0 Å². The van der Waals surface area contributed by atoms with Crippen molar-refractivity contribution in [3.63, 3.8) is 0 Å². The molecule has 100 valence electrons. The number of nitrogens with one attached hydrogen (secondary N) is 1. The first kappa shape index (κ1) is 14.4. The summed E-state index contributed by atoms with van der Waals surface area (Å²) in [4.78, 5) is 11.9. The topological polar surface area (TPSA) is 67.2 Å². The first-order valence-corrected chi connectivity index (χ1v) is 6.16. The van der Waals surface area contributed by atoms with Crippen LogP contribution in [0.15, 0.2) is 24.9 Å². The largest absolute Gasteiger partial charge is 0.394 e. The highest BCUT2D eigenvalue weighted by Crippen LogP contribution is 2.05. The smallest absolute Gasteiger partial charge is 0.272 e. The van der Waals surface area contributed by atoms with Gasteiger partial charge in [-0.15, -0.1) is 6.58 Å². The lowest BCUT2D eigenvalue weighted by Crippen LogP contribution is -2.37. The summed E-state index contributed by atoms with van der Waals surface area (Å²) in [6.45, 7) is 7.53. The van der Waals surface area contributed by atoms with Crippen LogP contribution in [0, 0.1) is 0 Å². The van der Waals surface area contributed by atoms with Gasteiger partial charge < -0.3 is 10.4 Å². The van der Waals surface area contributed by atoms with Gasteiger partial charge in [-0.1, -0.05) is 6.08 Å². The Bertz CT molecular complexity index is 399. The summed E-state index contributed by atoms with van der Waals surface area (Å²) in [5, 5.41) is 16.1. The third-order valence-corrected chi connectivity index (χ3v) is 2.64. The van der Waals surface area contributed by atoms with Crippen molar-refractivity contribution in [3.8, 4) is 0 Å². The molecule has 1 aromatic heterocycles. The summed E-state index contributed by atoms with van der Waals surface area (Å²) in [6, 6.07) is 1.65. The van der Waals surface area contributed by atoms with Crippen LogP contribution in [0.3, 0.4) is 0 Å². The molecule has 1 atom stereocenters. The number of rotatable bonds is 7. The highest BCUT2D eigenvalue weighted by Gasteiger charge is 2.15. The second-order valence-electron chi connectivity index (χ2n) is 4.49. The van der Waals surface area contributed by atoms with Crippen LogP contribution in [-0.4, -0.2) is 33.4 Å². The zero-order valence-corrected chi connectivity index (χ0v) is 11.0. The minimum Gasteiger partial charge on any atom is -0.394 e. The SMILES string of the molecule is C=CCC[C@H](CO)NC(=O)c1ccn(C(C)C)n1. The van der Waals surface area contributed by atoms with E-state index in [1.807, 2.05) is 13.8 Å². The van der Waals surface area contributed by atoms with Crippen molar-refractivity contribution in [2.24, 2.45) is 0 Å². The number of aromatic nitrogens is 2. The van der Waals surface area contributed by atoms with Crippen LogP contribution in [0.4, 0.5) is 0 Å². The van der Waals surface area contributed by atoms with E-state index in [4.69, 9.17) is 5.11 Å². The summed E-state index contributed by atoms with van der Waals surface area (Å²) in [7, 11) is 0. The standard InChI is InChI=1S/C13H21N3O2/c1-4-5-6-11(9-17)14-13(18)12-7-8-16(15-12)10(2)3/h4,7-8,10-11,17H,1,5-6,9H2,2-3H3,(H,14,18)/t11-/m1/s1. The predicted octanol–water partition coefficient (Wildman–Crippen LogP) is 1.52. The molecule has 2 N–H and O–H groups in total. The van der Waals surface area contributed by atoms with Crippen LogP contribution < -0.4 is 5.32 Å². The monoisotopic (exact) mass is 251 g/mol. The van der Waals surface area contributed by atoms with Crippen LogP contribution in [-0.2, 0) is 0 Å². The molecule has 1 amide bonds. The maximum atomic E-state index is 11.9. The predicted molar refractivity (Wildman–Crippen MR) is 70.4 cm³/mol. The highest BCUT2D eigenvalue weighted by atomic mass is 16.3. The molecule has 0 spiro atoms. The fourth-order valence-electron chi connectivity index (χ4n) is 1.53. The van der Waals surface area contributed by atoms with E-state index in [0.29, 0.717) is 12.1 Å². The lowest BCUT2D eigenvalue weighted by molar-refractivity contribution is 0.0907. The number of nitrogens with zero attached hydrogens (tertiary/aromatic N) is 2. The summed E-state index contributed by atoms with van der Waals surface area (Å²) in [6.07, 6.45) is 4.97. The molecule has 18 heavy (non-hydrogen) atoms. The summed E-state index contributed by atoms with van der Waals surface area (Å²) >= 11 is 0. The second-order valence-corrected chi connectivity index (χ2v) is 4.49. The van der Waals surface area contributed by atoms with E-state index in [0.717, 1.165) is 6.42 Å². The van der Waals surface area contributed by atoms with E-state index < -0.39 is 0 Å². The van der Waals surface area contributed by atoms with Gasteiger partial charge in [0.1, 0.15) is 5.69 Å². The number of hydrogen-bond acceptors (Lipinski definition) is 3. The average Bonchev–Trinajstić information content (AvgIpc) is 2.83. The van der Waals surface area contributed by atoms with Gasteiger partial charge in [0.05, 0.1) is 12.6 Å². The van der Waals surface area contributed by atoms with Gasteiger partial charge in [0, 0.05) is 12.2 Å². The fraction of sp³-hybridized carbons (Fsp3) is 0.538. The van der Waals surface area contributed by atoms with E-state index in [2.05, 4.69) is 17.0 Å². The lowest BCUT2D eigenvalue weighted by Gasteiger charge is -2.14. The molecule has 0 radical (unpaired) electrons. The maximum Gasteiger partial charge on any atom is 0.272 e. The maximum absolute atomic E-state index is 11.9. The zero-order chi connectivity index (χ0) is 13.5. The Balaban J connectivity index is 2.59. The first-order valence-electron chi connectivity index (χ1n) is 6.16. The minimum atomic E-state index is -0.252. The molecular weight excluding hydrogens is 230 g/mol. The molecular formula is C13H21N3O2. The third-order valence-electron chi connectivity index (χ3n) is 2.64. The second kappa shape index (κ2) is 6.96. The van der Waals surface area contributed by atoms with E-state index >= 15 is 0 Å². The number of aliphatic hydroxyl groups is 1. The minimum absolute atomic E-state index is 0.0789. The van der Waals surface area contributed by atoms with Crippen molar-refractivity contribution in [1.29, 1.82) is 0 Å². The van der Waals surface area contributed by atoms with Gasteiger partial charge in [-0.05, 0) is 32.8 Å². The molecule has 0 aliphatic rings. The van der Waals surface area contributed by atoms with Gasteiger partial charge >= 0.3 is 0 Å². The number of hydrogen-bond donors (Lipinski definition) is 2. The van der Waals surface area contributed by atoms with E-state index in [9.17, 15) is 4.79 Å². The van der Waals surface area contributed by atoms with Gasteiger partial charge in [-0.25, -0.2) is 0 Å². The number of carbonyl (C=O) groups is 1. The Kier molecular flexibility index (Phi) is 5.58. The molecule has 0 bridgehead atoms. The van der Waals surface area contributed by atoms with Crippen molar-refractivity contribution >= 4 is 5.91 Å². The fourth-order valence-corrected chi connectivity index (χ4v) is 1.53. The first-order chi connectivity index (χ1) is 8.58. The number of allylic oxidation sites excluding steroid dienone is 1. The van der Waals surface area contributed by atoms with E-state index in [-0.39, 0.29) is 24.6 Å². The number of carbonyl (C=O) groups excluding carboxylic acids is 1. The highest BCUT2D eigenvalue weighted by molar-refractivity contribution is 5.92. The van der Waals surface area contributed by atoms with Crippen molar-refractivity contribution in [3.05, 3.63) is 30.6 Å². The number of amides is 1. The van der Waals surface area contributed by atoms with Gasteiger partial charge in [0.25, 0.3) is 5.91 Å². The molecule has 1 heterocycles. The van der Waals surface area contributed by atoms with Crippen LogP contribution in [0.5, 0.6) is 0 Å². The Morgan fingerprint density at radius 3 is 2.89 bits per heavy atom. The normalized spacial score (nSPS) is 12.4. The average molecular weight is 251 g/mol. The molecule has 5 heteroatoms. The molecule has 0 unspecified atom stereocenters. The molecule has 1 rings (SSSR count). The van der Waals surface area contributed by atoms with Gasteiger partial charge in [-0.2, -0.15) is 5.10 Å². The van der Waals surface area contributed by atoms with Gasteiger partial charge in [0.15, 0.2) is 0 Å². The molecule has 0 aliphatic carbocycles. The molecule has 0 saturated heterocycles. The Morgan fingerprint density at radius 2 is 2.39 bits per heavy atom. The molecule has 0 saturated carbocycles. The summed E-state index contributed by atoms with van der Waals surface area (Å²) in [5.74, 6) is -0.252. The van der Waals surface area contributed by atoms with E-state index in [1.54, 1.807) is 23.0 Å². The molecule has 0 fully saturated rings. The summed E-state index contributed by atoms with van der Waals surface area (Å²) in [5.41, 5.74) is 0.376. The molecule has 0 aliphatic heterocycles. The number of aliphatic hydroxyl groups excluding tert-OH is 1. The van der Waals surface area contributed by atoms with E-state index in [1.165, 1.54) is 0 Å². The summed E-state index contributed by atoms with van der Waals surface area (Å²) < 4.78 is 1.73. The molecule has 0 aromatic carbocycles. The van der Waals surface area contributed by atoms with Crippen molar-refractivity contribution in [1.82, 2.24) is 15.1 Å². The quantitative estimate of drug-likeness (QED) is 0.722. The van der Waals surface area contributed by atoms with Crippen LogP contribution >= 0.6 is 0 Å². The molecule has 5 nitrogen and oxygen atoms in total. The Morgan fingerprint density at radius 1 is 1.67 bits per heavy atom. The third kappa shape index (κ3) is 4.00. The molecule has 1 aromatic rings. The van der Waals surface area contributed by atoms with Crippen LogP contribution in [0.2, 0.25) is 0 Å². The zero-order valence-electron chi connectivity index (χ0n) is 11.0.